The molecule has 0 saturated heterocycles. The SMILES string of the molecule is COCCNCCc1nncn1C. The lowest BCUT2D eigenvalue weighted by molar-refractivity contribution is 0.199. The van der Waals surface area contributed by atoms with Crippen LogP contribution in [0.1, 0.15) is 5.82 Å². The number of nitrogens with zero attached hydrogens (tertiary/aromatic N) is 3. The number of hydrogen-bond acceptors (Lipinski definition) is 4. The molecule has 0 unspecified atom stereocenters. The minimum absolute atomic E-state index is 0.749. The monoisotopic (exact) mass is 184 g/mol. The van der Waals surface area contributed by atoms with Crippen LogP contribution in [0.2, 0.25) is 0 Å². The van der Waals surface area contributed by atoms with E-state index in [1.807, 2.05) is 11.6 Å². The molecule has 13 heavy (non-hydrogen) atoms. The van der Waals surface area contributed by atoms with Crippen molar-refractivity contribution in [3.05, 3.63) is 12.2 Å². The molecule has 0 spiro atoms. The fraction of sp³-hybridized carbons (Fsp3) is 0.750. The molecule has 0 bridgehead atoms. The van der Waals surface area contributed by atoms with Crippen molar-refractivity contribution in [3.8, 4) is 0 Å². The van der Waals surface area contributed by atoms with Gasteiger partial charge in [0.1, 0.15) is 12.2 Å². The average molecular weight is 184 g/mol. The van der Waals surface area contributed by atoms with Gasteiger partial charge in [-0.3, -0.25) is 0 Å². The summed E-state index contributed by atoms with van der Waals surface area (Å²) in [5.41, 5.74) is 0. The van der Waals surface area contributed by atoms with Gasteiger partial charge in [0.25, 0.3) is 0 Å². The summed E-state index contributed by atoms with van der Waals surface area (Å²) in [6.45, 7) is 2.54. The maximum atomic E-state index is 4.91. The lowest BCUT2D eigenvalue weighted by Crippen LogP contribution is -2.22. The van der Waals surface area contributed by atoms with Gasteiger partial charge in [0.05, 0.1) is 6.61 Å². The standard InChI is InChI=1S/C8H16N4O/c1-12-7-10-11-8(12)3-4-9-5-6-13-2/h7,9H,3-6H2,1-2H3. The van der Waals surface area contributed by atoms with Crippen LogP contribution in [0.15, 0.2) is 6.33 Å². The van der Waals surface area contributed by atoms with Crippen LogP contribution in [0.3, 0.4) is 0 Å². The van der Waals surface area contributed by atoms with E-state index < -0.39 is 0 Å². The number of methoxy groups -OCH3 is 1. The van der Waals surface area contributed by atoms with Crippen molar-refractivity contribution in [2.24, 2.45) is 7.05 Å². The Bertz CT molecular complexity index is 236. The van der Waals surface area contributed by atoms with Crippen LogP contribution in [0.25, 0.3) is 0 Å². The molecule has 0 aliphatic carbocycles. The zero-order chi connectivity index (χ0) is 9.52. The van der Waals surface area contributed by atoms with Crippen molar-refractivity contribution in [3.63, 3.8) is 0 Å². The third-order valence-electron chi connectivity index (χ3n) is 1.81. The second-order valence-electron chi connectivity index (χ2n) is 2.85. The highest BCUT2D eigenvalue weighted by Crippen LogP contribution is 1.90. The van der Waals surface area contributed by atoms with E-state index in [-0.39, 0.29) is 0 Å². The van der Waals surface area contributed by atoms with Crippen LogP contribution < -0.4 is 5.32 Å². The average Bonchev–Trinajstić information content (AvgIpc) is 2.52. The summed E-state index contributed by atoms with van der Waals surface area (Å²) >= 11 is 0. The number of aryl methyl sites for hydroxylation is 1. The molecule has 1 rings (SSSR count). The number of ether oxygens (including phenoxy) is 1. The van der Waals surface area contributed by atoms with Crippen LogP contribution in [0, 0.1) is 0 Å². The van der Waals surface area contributed by atoms with Gasteiger partial charge in [-0.25, -0.2) is 0 Å². The molecule has 0 aromatic carbocycles. The highest BCUT2D eigenvalue weighted by Gasteiger charge is 1.98. The number of aromatic nitrogens is 3. The molecule has 0 aliphatic rings. The quantitative estimate of drug-likeness (QED) is 0.611. The van der Waals surface area contributed by atoms with Crippen LogP contribution in [0.4, 0.5) is 0 Å². The molecule has 1 aromatic rings. The lowest BCUT2D eigenvalue weighted by atomic mass is 10.4. The number of rotatable bonds is 6. The minimum Gasteiger partial charge on any atom is -0.383 e. The molecule has 0 saturated carbocycles. The number of nitrogens with one attached hydrogen (secondary N) is 1. The fourth-order valence-corrected chi connectivity index (χ4v) is 1.03. The summed E-state index contributed by atoms with van der Waals surface area (Å²) in [4.78, 5) is 0. The Labute approximate surface area is 78.1 Å². The van der Waals surface area contributed by atoms with E-state index in [1.54, 1.807) is 13.4 Å². The van der Waals surface area contributed by atoms with Gasteiger partial charge in [-0.15, -0.1) is 10.2 Å². The summed E-state index contributed by atoms with van der Waals surface area (Å²) in [5.74, 6) is 1.00. The fourth-order valence-electron chi connectivity index (χ4n) is 1.03. The Morgan fingerprint density at radius 1 is 1.54 bits per heavy atom. The molecular weight excluding hydrogens is 168 g/mol. The molecule has 5 heteroatoms. The molecule has 0 amide bonds. The third kappa shape index (κ3) is 3.52. The first kappa shape index (κ1) is 10.1. The molecule has 0 atom stereocenters. The molecule has 74 valence electrons. The first-order valence-corrected chi connectivity index (χ1v) is 4.37. The summed E-state index contributed by atoms with van der Waals surface area (Å²) in [7, 11) is 3.65. The van der Waals surface area contributed by atoms with Gasteiger partial charge >= 0.3 is 0 Å². The van der Waals surface area contributed by atoms with Crippen molar-refractivity contribution in [1.29, 1.82) is 0 Å². The van der Waals surface area contributed by atoms with Gasteiger partial charge in [-0.2, -0.15) is 0 Å². The summed E-state index contributed by atoms with van der Waals surface area (Å²) in [6.07, 6.45) is 2.62. The van der Waals surface area contributed by atoms with Crippen LogP contribution in [-0.2, 0) is 18.2 Å². The molecule has 5 nitrogen and oxygen atoms in total. The van der Waals surface area contributed by atoms with E-state index in [9.17, 15) is 0 Å². The van der Waals surface area contributed by atoms with E-state index in [4.69, 9.17) is 4.74 Å². The molecule has 0 fully saturated rings. The largest absolute Gasteiger partial charge is 0.383 e. The predicted molar refractivity (Wildman–Crippen MR) is 49.5 cm³/mol. The van der Waals surface area contributed by atoms with Crippen molar-refractivity contribution in [2.45, 2.75) is 6.42 Å². The predicted octanol–water partition coefficient (Wildman–Crippen LogP) is -0.406. The topological polar surface area (TPSA) is 52.0 Å². The minimum atomic E-state index is 0.749. The van der Waals surface area contributed by atoms with Crippen molar-refractivity contribution >= 4 is 0 Å². The van der Waals surface area contributed by atoms with Crippen LogP contribution in [-0.4, -0.2) is 41.6 Å². The van der Waals surface area contributed by atoms with Gasteiger partial charge in [0.2, 0.25) is 0 Å². The van der Waals surface area contributed by atoms with E-state index in [1.165, 1.54) is 0 Å². The molecule has 0 aliphatic heterocycles. The van der Waals surface area contributed by atoms with Crippen molar-refractivity contribution in [1.82, 2.24) is 20.1 Å². The zero-order valence-electron chi connectivity index (χ0n) is 8.16. The molecule has 1 N–H and O–H groups in total. The maximum absolute atomic E-state index is 4.91. The Morgan fingerprint density at radius 3 is 3.00 bits per heavy atom. The second kappa shape index (κ2) is 5.66. The van der Waals surface area contributed by atoms with E-state index in [0.29, 0.717) is 0 Å². The van der Waals surface area contributed by atoms with Crippen LogP contribution in [0.5, 0.6) is 0 Å². The van der Waals surface area contributed by atoms with Gasteiger partial charge in [0, 0.05) is 33.7 Å². The Morgan fingerprint density at radius 2 is 2.38 bits per heavy atom. The van der Waals surface area contributed by atoms with Gasteiger partial charge in [0.15, 0.2) is 0 Å². The summed E-state index contributed by atoms with van der Waals surface area (Å²) in [6, 6.07) is 0. The smallest absolute Gasteiger partial charge is 0.133 e. The molecule has 1 heterocycles. The van der Waals surface area contributed by atoms with Crippen molar-refractivity contribution in [2.75, 3.05) is 26.8 Å². The van der Waals surface area contributed by atoms with E-state index in [0.717, 1.165) is 31.9 Å². The highest BCUT2D eigenvalue weighted by atomic mass is 16.5. The summed E-state index contributed by atoms with van der Waals surface area (Å²) in [5, 5.41) is 11.0. The normalized spacial score (nSPS) is 10.6. The zero-order valence-corrected chi connectivity index (χ0v) is 8.16. The Kier molecular flexibility index (Phi) is 4.42. The van der Waals surface area contributed by atoms with Crippen molar-refractivity contribution < 1.29 is 4.74 Å². The van der Waals surface area contributed by atoms with Gasteiger partial charge in [-0.1, -0.05) is 0 Å². The first-order chi connectivity index (χ1) is 6.34. The molecular formula is C8H16N4O. The summed E-state index contributed by atoms with van der Waals surface area (Å²) < 4.78 is 6.84. The van der Waals surface area contributed by atoms with Gasteiger partial charge < -0.3 is 14.6 Å². The lowest BCUT2D eigenvalue weighted by Gasteiger charge is -2.02. The van der Waals surface area contributed by atoms with Gasteiger partial charge in [-0.05, 0) is 0 Å². The van der Waals surface area contributed by atoms with E-state index >= 15 is 0 Å². The van der Waals surface area contributed by atoms with E-state index in [2.05, 4.69) is 15.5 Å². The first-order valence-electron chi connectivity index (χ1n) is 4.37. The van der Waals surface area contributed by atoms with Crippen LogP contribution >= 0.6 is 0 Å². The maximum Gasteiger partial charge on any atom is 0.133 e. The second-order valence-corrected chi connectivity index (χ2v) is 2.85. The number of hydrogen-bond donors (Lipinski definition) is 1. The Balaban J connectivity index is 2.10. The molecule has 1 aromatic heterocycles. The third-order valence-corrected chi connectivity index (χ3v) is 1.81. The Hall–Kier alpha value is -0.940. The molecule has 0 radical (unpaired) electrons. The highest BCUT2D eigenvalue weighted by molar-refractivity contribution is 4.84.